The SMILES string of the molecule is Cc1ccc(N(CC(=O)N2CCCC2)CC(C)C(=O)O)nc1. The Morgan fingerprint density at radius 1 is 1.36 bits per heavy atom. The second kappa shape index (κ2) is 7.24. The van der Waals surface area contributed by atoms with Crippen molar-refractivity contribution >= 4 is 17.7 Å². The van der Waals surface area contributed by atoms with Crippen molar-refractivity contribution in [3.05, 3.63) is 23.9 Å². The van der Waals surface area contributed by atoms with Gasteiger partial charge in [0.25, 0.3) is 0 Å². The van der Waals surface area contributed by atoms with E-state index in [1.54, 1.807) is 18.0 Å². The summed E-state index contributed by atoms with van der Waals surface area (Å²) in [5.41, 5.74) is 1.03. The number of hydrogen-bond donors (Lipinski definition) is 1. The van der Waals surface area contributed by atoms with Crippen LogP contribution in [-0.4, -0.2) is 53.0 Å². The number of pyridine rings is 1. The number of rotatable bonds is 6. The summed E-state index contributed by atoms with van der Waals surface area (Å²) in [4.78, 5) is 31.4. The molecule has 6 heteroatoms. The Morgan fingerprint density at radius 2 is 2.05 bits per heavy atom. The normalized spacial score (nSPS) is 15.6. The Morgan fingerprint density at radius 3 is 2.59 bits per heavy atom. The molecule has 1 fully saturated rings. The molecule has 2 heterocycles. The highest BCUT2D eigenvalue weighted by atomic mass is 16.4. The zero-order chi connectivity index (χ0) is 16.1. The molecule has 0 spiro atoms. The van der Waals surface area contributed by atoms with Gasteiger partial charge in [0, 0.05) is 25.8 Å². The first kappa shape index (κ1) is 16.3. The van der Waals surface area contributed by atoms with Gasteiger partial charge in [-0.1, -0.05) is 13.0 Å². The van der Waals surface area contributed by atoms with Crippen molar-refractivity contribution in [2.24, 2.45) is 5.92 Å². The minimum absolute atomic E-state index is 0.0393. The maximum absolute atomic E-state index is 12.4. The molecule has 1 aromatic rings. The zero-order valence-electron chi connectivity index (χ0n) is 13.2. The molecule has 1 atom stereocenters. The second-order valence-corrected chi connectivity index (χ2v) is 5.90. The molecule has 1 aliphatic heterocycles. The first-order chi connectivity index (χ1) is 10.5. The van der Waals surface area contributed by atoms with E-state index in [0.29, 0.717) is 5.82 Å². The number of likely N-dealkylation sites (tertiary alicyclic amines) is 1. The molecule has 0 aliphatic carbocycles. The molecular weight excluding hydrogens is 282 g/mol. The fourth-order valence-electron chi connectivity index (χ4n) is 2.52. The van der Waals surface area contributed by atoms with Crippen LogP contribution in [0.4, 0.5) is 5.82 Å². The van der Waals surface area contributed by atoms with Crippen LogP contribution in [-0.2, 0) is 9.59 Å². The van der Waals surface area contributed by atoms with E-state index in [0.717, 1.165) is 31.5 Å². The van der Waals surface area contributed by atoms with E-state index in [9.17, 15) is 9.59 Å². The fourth-order valence-corrected chi connectivity index (χ4v) is 2.52. The number of carbonyl (C=O) groups excluding carboxylic acids is 1. The van der Waals surface area contributed by atoms with Crippen LogP contribution in [0.3, 0.4) is 0 Å². The third-order valence-corrected chi connectivity index (χ3v) is 3.92. The predicted molar refractivity (Wildman–Crippen MR) is 83.8 cm³/mol. The Kier molecular flexibility index (Phi) is 5.35. The summed E-state index contributed by atoms with van der Waals surface area (Å²) >= 11 is 0. The van der Waals surface area contributed by atoms with Crippen molar-refractivity contribution in [2.45, 2.75) is 26.7 Å². The van der Waals surface area contributed by atoms with Crippen LogP contribution in [0.25, 0.3) is 0 Å². The summed E-state index contributed by atoms with van der Waals surface area (Å²) in [6.07, 6.45) is 3.81. The Balaban J connectivity index is 2.11. The first-order valence-electron chi connectivity index (χ1n) is 7.65. The molecular formula is C16H23N3O3. The Labute approximate surface area is 130 Å². The van der Waals surface area contributed by atoms with Gasteiger partial charge >= 0.3 is 5.97 Å². The van der Waals surface area contributed by atoms with Crippen molar-refractivity contribution < 1.29 is 14.7 Å². The average molecular weight is 305 g/mol. The first-order valence-corrected chi connectivity index (χ1v) is 7.65. The molecule has 120 valence electrons. The standard InChI is InChI=1S/C16H23N3O3/c1-12-5-6-14(17-9-12)19(10-13(2)16(21)22)11-15(20)18-7-3-4-8-18/h5-6,9,13H,3-4,7-8,10-11H2,1-2H3,(H,21,22). The van der Waals surface area contributed by atoms with Crippen molar-refractivity contribution in [1.82, 2.24) is 9.88 Å². The van der Waals surface area contributed by atoms with Crippen LogP contribution in [0, 0.1) is 12.8 Å². The van der Waals surface area contributed by atoms with E-state index in [-0.39, 0.29) is 19.0 Å². The molecule has 0 radical (unpaired) electrons. The third-order valence-electron chi connectivity index (χ3n) is 3.92. The summed E-state index contributed by atoms with van der Waals surface area (Å²) < 4.78 is 0. The molecule has 1 aromatic heterocycles. The van der Waals surface area contributed by atoms with Crippen LogP contribution in [0.5, 0.6) is 0 Å². The summed E-state index contributed by atoms with van der Waals surface area (Å²) in [6.45, 7) is 5.61. The van der Waals surface area contributed by atoms with Crippen molar-refractivity contribution in [1.29, 1.82) is 0 Å². The average Bonchev–Trinajstić information content (AvgIpc) is 3.01. The number of hydrogen-bond acceptors (Lipinski definition) is 4. The van der Waals surface area contributed by atoms with Crippen molar-refractivity contribution in [3.63, 3.8) is 0 Å². The maximum atomic E-state index is 12.4. The van der Waals surface area contributed by atoms with Crippen LogP contribution >= 0.6 is 0 Å². The summed E-state index contributed by atoms with van der Waals surface area (Å²) in [7, 11) is 0. The molecule has 1 aliphatic rings. The summed E-state index contributed by atoms with van der Waals surface area (Å²) in [5.74, 6) is -0.746. The highest BCUT2D eigenvalue weighted by Crippen LogP contribution is 2.15. The maximum Gasteiger partial charge on any atom is 0.308 e. The number of nitrogens with zero attached hydrogens (tertiary/aromatic N) is 3. The number of carboxylic acid groups (broad SMARTS) is 1. The van der Waals surface area contributed by atoms with Crippen LogP contribution in [0.1, 0.15) is 25.3 Å². The Bertz CT molecular complexity index is 524. The van der Waals surface area contributed by atoms with Gasteiger partial charge in [-0.15, -0.1) is 0 Å². The predicted octanol–water partition coefficient (Wildman–Crippen LogP) is 1.54. The highest BCUT2D eigenvalue weighted by Gasteiger charge is 2.24. The van der Waals surface area contributed by atoms with E-state index >= 15 is 0 Å². The molecule has 0 aromatic carbocycles. The van der Waals surface area contributed by atoms with E-state index in [2.05, 4.69) is 4.98 Å². The lowest BCUT2D eigenvalue weighted by atomic mass is 10.1. The molecule has 1 N–H and O–H groups in total. The van der Waals surface area contributed by atoms with E-state index in [4.69, 9.17) is 5.11 Å². The number of aliphatic carboxylic acids is 1. The largest absolute Gasteiger partial charge is 0.481 e. The minimum atomic E-state index is -0.870. The lowest BCUT2D eigenvalue weighted by molar-refractivity contribution is -0.141. The van der Waals surface area contributed by atoms with E-state index < -0.39 is 11.9 Å². The minimum Gasteiger partial charge on any atom is -0.481 e. The highest BCUT2D eigenvalue weighted by molar-refractivity contribution is 5.81. The molecule has 1 amide bonds. The van der Waals surface area contributed by atoms with Gasteiger partial charge in [-0.3, -0.25) is 9.59 Å². The molecule has 0 bridgehead atoms. The molecule has 1 unspecified atom stereocenters. The summed E-state index contributed by atoms with van der Waals surface area (Å²) in [5, 5.41) is 9.13. The van der Waals surface area contributed by atoms with Crippen LogP contribution < -0.4 is 4.90 Å². The summed E-state index contributed by atoms with van der Waals surface area (Å²) in [6, 6.07) is 3.75. The number of carboxylic acids is 1. The number of amides is 1. The lowest BCUT2D eigenvalue weighted by Crippen LogP contribution is -2.42. The monoisotopic (exact) mass is 305 g/mol. The lowest BCUT2D eigenvalue weighted by Gasteiger charge is -2.27. The van der Waals surface area contributed by atoms with Crippen molar-refractivity contribution in [2.75, 3.05) is 31.1 Å². The fraction of sp³-hybridized carbons (Fsp3) is 0.562. The molecule has 1 saturated heterocycles. The molecule has 22 heavy (non-hydrogen) atoms. The molecule has 2 rings (SSSR count). The topological polar surface area (TPSA) is 73.7 Å². The van der Waals surface area contributed by atoms with Gasteiger partial charge in [0.05, 0.1) is 12.5 Å². The molecule has 6 nitrogen and oxygen atoms in total. The number of aromatic nitrogens is 1. The van der Waals surface area contributed by atoms with Gasteiger partial charge in [-0.25, -0.2) is 4.98 Å². The number of carbonyl (C=O) groups is 2. The van der Waals surface area contributed by atoms with Gasteiger partial charge in [0.15, 0.2) is 0 Å². The van der Waals surface area contributed by atoms with E-state index in [1.165, 1.54) is 0 Å². The van der Waals surface area contributed by atoms with Gasteiger partial charge in [-0.05, 0) is 31.4 Å². The Hall–Kier alpha value is -2.11. The van der Waals surface area contributed by atoms with Gasteiger partial charge in [0.2, 0.25) is 5.91 Å². The number of aryl methyl sites for hydroxylation is 1. The smallest absolute Gasteiger partial charge is 0.308 e. The second-order valence-electron chi connectivity index (χ2n) is 5.90. The number of anilines is 1. The van der Waals surface area contributed by atoms with E-state index in [1.807, 2.05) is 24.0 Å². The van der Waals surface area contributed by atoms with Crippen molar-refractivity contribution in [3.8, 4) is 0 Å². The quantitative estimate of drug-likeness (QED) is 0.863. The van der Waals surface area contributed by atoms with Crippen LogP contribution in [0.2, 0.25) is 0 Å². The van der Waals surface area contributed by atoms with Crippen LogP contribution in [0.15, 0.2) is 18.3 Å². The van der Waals surface area contributed by atoms with Gasteiger partial charge in [-0.2, -0.15) is 0 Å². The third kappa shape index (κ3) is 4.19. The van der Waals surface area contributed by atoms with Gasteiger partial charge < -0.3 is 14.9 Å². The zero-order valence-corrected chi connectivity index (χ0v) is 13.2. The van der Waals surface area contributed by atoms with Gasteiger partial charge in [0.1, 0.15) is 5.82 Å². The molecule has 0 saturated carbocycles.